The molecule has 0 radical (unpaired) electrons. The summed E-state index contributed by atoms with van der Waals surface area (Å²) < 4.78 is 1.88. The highest BCUT2D eigenvalue weighted by molar-refractivity contribution is 7.14. The average Bonchev–Trinajstić information content (AvgIpc) is 3.36. The number of carbonyl (C=O) groups excluding carboxylic acids is 1. The summed E-state index contributed by atoms with van der Waals surface area (Å²) in [5.74, 6) is -0.196. The molecule has 140 valence electrons. The van der Waals surface area contributed by atoms with Gasteiger partial charge >= 0.3 is 0 Å². The van der Waals surface area contributed by atoms with Gasteiger partial charge < -0.3 is 0 Å². The number of nitrogens with one attached hydrogen (secondary N) is 1. The molecule has 0 saturated carbocycles. The van der Waals surface area contributed by atoms with Crippen LogP contribution in [0.4, 0.5) is 5.13 Å². The van der Waals surface area contributed by atoms with E-state index >= 15 is 0 Å². The summed E-state index contributed by atoms with van der Waals surface area (Å²) >= 11 is 1.38. The predicted octanol–water partition coefficient (Wildman–Crippen LogP) is 4.26. The molecule has 1 amide bonds. The standard InChI is InChI=1S/C21H19N5OS/c1-2-19-16(12-23-26(19)13-15-8-4-3-5-9-15)20(27)25-21-24-18(14-28-21)17-10-6-7-11-22-17/h3-12,14H,2,13H2,1H3,(H,24,25,27). The molecule has 0 bridgehead atoms. The molecule has 1 aromatic carbocycles. The molecule has 7 heteroatoms. The fourth-order valence-electron chi connectivity index (χ4n) is 2.99. The minimum Gasteiger partial charge on any atom is -0.298 e. The van der Waals surface area contributed by atoms with Crippen LogP contribution in [0, 0.1) is 0 Å². The smallest absolute Gasteiger partial charge is 0.260 e. The Bertz CT molecular complexity index is 1070. The number of benzene rings is 1. The highest BCUT2D eigenvalue weighted by Crippen LogP contribution is 2.24. The Balaban J connectivity index is 1.52. The van der Waals surface area contributed by atoms with Crippen molar-refractivity contribution >= 4 is 22.4 Å². The molecule has 0 fully saturated rings. The van der Waals surface area contributed by atoms with Gasteiger partial charge in [-0.15, -0.1) is 11.3 Å². The van der Waals surface area contributed by atoms with Crippen molar-refractivity contribution in [1.82, 2.24) is 19.7 Å². The van der Waals surface area contributed by atoms with Crippen molar-refractivity contribution in [2.75, 3.05) is 5.32 Å². The van der Waals surface area contributed by atoms with Crippen molar-refractivity contribution in [2.45, 2.75) is 19.9 Å². The molecule has 6 nitrogen and oxygen atoms in total. The number of rotatable bonds is 6. The number of hydrogen-bond donors (Lipinski definition) is 1. The van der Waals surface area contributed by atoms with Gasteiger partial charge in [0.2, 0.25) is 0 Å². The molecule has 0 saturated heterocycles. The third-order valence-electron chi connectivity index (χ3n) is 4.36. The molecule has 0 aliphatic heterocycles. The van der Waals surface area contributed by atoms with Crippen LogP contribution < -0.4 is 5.32 Å². The number of aromatic nitrogens is 4. The van der Waals surface area contributed by atoms with Crippen molar-refractivity contribution in [1.29, 1.82) is 0 Å². The van der Waals surface area contributed by atoms with Crippen LogP contribution in [0.5, 0.6) is 0 Å². The zero-order valence-corrected chi connectivity index (χ0v) is 16.2. The zero-order valence-electron chi connectivity index (χ0n) is 15.4. The first-order valence-corrected chi connectivity index (χ1v) is 9.89. The van der Waals surface area contributed by atoms with Gasteiger partial charge in [0.1, 0.15) is 5.69 Å². The topological polar surface area (TPSA) is 72.7 Å². The second-order valence-electron chi connectivity index (χ2n) is 6.21. The van der Waals surface area contributed by atoms with Gasteiger partial charge in [0.15, 0.2) is 5.13 Å². The Hall–Kier alpha value is -3.32. The van der Waals surface area contributed by atoms with Gasteiger partial charge in [0.25, 0.3) is 5.91 Å². The van der Waals surface area contributed by atoms with E-state index < -0.39 is 0 Å². The van der Waals surface area contributed by atoms with E-state index in [2.05, 4.69) is 32.5 Å². The van der Waals surface area contributed by atoms with E-state index in [4.69, 9.17) is 0 Å². The third kappa shape index (κ3) is 3.84. The maximum Gasteiger partial charge on any atom is 0.260 e. The van der Waals surface area contributed by atoms with Gasteiger partial charge in [0, 0.05) is 11.6 Å². The highest BCUT2D eigenvalue weighted by atomic mass is 32.1. The molecular formula is C21H19N5OS. The normalized spacial score (nSPS) is 10.8. The maximum absolute atomic E-state index is 12.8. The summed E-state index contributed by atoms with van der Waals surface area (Å²) in [7, 11) is 0. The quantitative estimate of drug-likeness (QED) is 0.535. The summed E-state index contributed by atoms with van der Waals surface area (Å²) in [5, 5.41) is 9.75. The Kier molecular flexibility index (Phi) is 5.25. The van der Waals surface area contributed by atoms with Crippen LogP contribution in [0.2, 0.25) is 0 Å². The van der Waals surface area contributed by atoms with Crippen LogP contribution >= 0.6 is 11.3 Å². The van der Waals surface area contributed by atoms with Crippen LogP contribution in [0.3, 0.4) is 0 Å². The molecular weight excluding hydrogens is 370 g/mol. The van der Waals surface area contributed by atoms with E-state index in [0.717, 1.165) is 22.6 Å². The summed E-state index contributed by atoms with van der Waals surface area (Å²) in [6, 6.07) is 15.8. The lowest BCUT2D eigenvalue weighted by molar-refractivity contribution is 0.102. The Morgan fingerprint density at radius 2 is 1.93 bits per heavy atom. The van der Waals surface area contributed by atoms with Crippen LogP contribution in [-0.2, 0) is 13.0 Å². The number of thiazole rings is 1. The molecule has 0 aliphatic carbocycles. The van der Waals surface area contributed by atoms with Crippen LogP contribution in [0.25, 0.3) is 11.4 Å². The predicted molar refractivity (Wildman–Crippen MR) is 110 cm³/mol. The zero-order chi connectivity index (χ0) is 19.3. The van der Waals surface area contributed by atoms with Gasteiger partial charge in [-0.1, -0.05) is 43.3 Å². The van der Waals surface area contributed by atoms with Crippen molar-refractivity contribution in [3.8, 4) is 11.4 Å². The van der Waals surface area contributed by atoms with Crippen LogP contribution in [0.15, 0.2) is 66.3 Å². The van der Waals surface area contributed by atoms with E-state index in [-0.39, 0.29) is 5.91 Å². The fourth-order valence-corrected chi connectivity index (χ4v) is 3.69. The minimum absolute atomic E-state index is 0.196. The molecule has 3 heterocycles. The SMILES string of the molecule is CCc1c(C(=O)Nc2nc(-c3ccccn3)cs2)cnn1Cc1ccccc1. The van der Waals surface area contributed by atoms with Crippen molar-refractivity contribution in [2.24, 2.45) is 0 Å². The molecule has 3 aromatic heterocycles. The van der Waals surface area contributed by atoms with Crippen molar-refractivity contribution in [3.05, 3.63) is 83.1 Å². The lowest BCUT2D eigenvalue weighted by Crippen LogP contribution is -2.15. The van der Waals surface area contributed by atoms with E-state index in [0.29, 0.717) is 23.7 Å². The highest BCUT2D eigenvalue weighted by Gasteiger charge is 2.18. The minimum atomic E-state index is -0.196. The third-order valence-corrected chi connectivity index (χ3v) is 5.11. The second kappa shape index (κ2) is 8.14. The van der Waals surface area contributed by atoms with E-state index in [1.165, 1.54) is 11.3 Å². The molecule has 0 aliphatic rings. The van der Waals surface area contributed by atoms with Gasteiger partial charge in [-0.2, -0.15) is 5.10 Å². The largest absolute Gasteiger partial charge is 0.298 e. The van der Waals surface area contributed by atoms with Crippen LogP contribution in [-0.4, -0.2) is 25.7 Å². The van der Waals surface area contributed by atoms with E-state index in [1.54, 1.807) is 12.4 Å². The number of amides is 1. The first-order valence-electron chi connectivity index (χ1n) is 9.01. The number of pyridine rings is 1. The molecule has 1 N–H and O–H groups in total. The summed E-state index contributed by atoms with van der Waals surface area (Å²) in [4.78, 5) is 21.6. The van der Waals surface area contributed by atoms with Gasteiger partial charge in [-0.3, -0.25) is 19.8 Å². The first kappa shape index (κ1) is 18.1. The average molecular weight is 389 g/mol. The fraction of sp³-hybridized carbons (Fsp3) is 0.143. The molecule has 28 heavy (non-hydrogen) atoms. The van der Waals surface area contributed by atoms with E-state index in [1.807, 2.05) is 53.4 Å². The van der Waals surface area contributed by atoms with Gasteiger partial charge in [-0.05, 0) is 24.1 Å². The summed E-state index contributed by atoms with van der Waals surface area (Å²) in [6.45, 7) is 2.66. The molecule has 4 rings (SSSR count). The number of anilines is 1. The molecule has 0 atom stereocenters. The Morgan fingerprint density at radius 3 is 2.68 bits per heavy atom. The molecule has 4 aromatic rings. The van der Waals surface area contributed by atoms with Crippen LogP contribution in [0.1, 0.15) is 28.5 Å². The molecule has 0 spiro atoms. The monoisotopic (exact) mass is 389 g/mol. The summed E-state index contributed by atoms with van der Waals surface area (Å²) in [6.07, 6.45) is 4.07. The lowest BCUT2D eigenvalue weighted by atomic mass is 10.2. The molecule has 0 unspecified atom stereocenters. The Labute approximate surface area is 166 Å². The van der Waals surface area contributed by atoms with E-state index in [9.17, 15) is 4.79 Å². The second-order valence-corrected chi connectivity index (χ2v) is 7.07. The number of nitrogens with zero attached hydrogens (tertiary/aromatic N) is 4. The number of carbonyl (C=O) groups is 1. The maximum atomic E-state index is 12.8. The van der Waals surface area contributed by atoms with Gasteiger partial charge in [-0.25, -0.2) is 4.98 Å². The first-order chi connectivity index (χ1) is 13.7. The van der Waals surface area contributed by atoms with Crippen molar-refractivity contribution < 1.29 is 4.79 Å². The van der Waals surface area contributed by atoms with Gasteiger partial charge in [0.05, 0.1) is 29.7 Å². The number of hydrogen-bond acceptors (Lipinski definition) is 5. The Morgan fingerprint density at radius 1 is 1.11 bits per heavy atom. The lowest BCUT2D eigenvalue weighted by Gasteiger charge is -2.08. The summed E-state index contributed by atoms with van der Waals surface area (Å²) in [5.41, 5.74) is 4.16. The van der Waals surface area contributed by atoms with Crippen molar-refractivity contribution in [3.63, 3.8) is 0 Å².